The summed E-state index contributed by atoms with van der Waals surface area (Å²) in [6.07, 6.45) is -0.601. The third kappa shape index (κ3) is 4.36. The lowest BCUT2D eigenvalue weighted by molar-refractivity contribution is -0.189. The summed E-state index contributed by atoms with van der Waals surface area (Å²) in [6.45, 7) is -0.0120. The molecule has 3 aromatic rings. The quantitative estimate of drug-likeness (QED) is 0.375. The van der Waals surface area contributed by atoms with Gasteiger partial charge in [0.25, 0.3) is 6.29 Å². The van der Waals surface area contributed by atoms with Crippen LogP contribution in [0.25, 0.3) is 11.1 Å². The molecule has 1 fully saturated rings. The molecule has 6 rings (SSSR count). The predicted molar refractivity (Wildman–Crippen MR) is 132 cm³/mol. The van der Waals surface area contributed by atoms with Crippen LogP contribution in [-0.4, -0.2) is 35.3 Å². The number of hydrogen-bond acceptors (Lipinski definition) is 5. The van der Waals surface area contributed by atoms with Crippen LogP contribution in [0.4, 0.5) is 18.0 Å². The van der Waals surface area contributed by atoms with Gasteiger partial charge in [-0.05, 0) is 41.2 Å². The molecule has 2 unspecified atom stereocenters. The van der Waals surface area contributed by atoms with Crippen molar-refractivity contribution in [3.05, 3.63) is 102 Å². The number of aromatic nitrogens is 1. The lowest BCUT2D eigenvalue weighted by atomic mass is 9.85. The summed E-state index contributed by atoms with van der Waals surface area (Å²) in [5, 5.41) is 0. The Morgan fingerprint density at radius 3 is 2.26 bits per heavy atom. The van der Waals surface area contributed by atoms with E-state index in [0.29, 0.717) is 11.1 Å². The molecule has 2 aromatic carbocycles. The number of nitrogens with zero attached hydrogens (tertiary/aromatic N) is 2. The van der Waals surface area contributed by atoms with Crippen LogP contribution in [0.1, 0.15) is 53.3 Å². The first-order valence-corrected chi connectivity index (χ1v) is 12.5. The van der Waals surface area contributed by atoms with Crippen molar-refractivity contribution in [3.8, 4) is 11.1 Å². The van der Waals surface area contributed by atoms with Gasteiger partial charge < -0.3 is 19.1 Å². The molecule has 1 aliphatic carbocycles. The highest BCUT2D eigenvalue weighted by Gasteiger charge is 2.47. The lowest BCUT2D eigenvalue weighted by Gasteiger charge is -2.40. The molecular formula is C29H25F3N2O4. The van der Waals surface area contributed by atoms with Crippen molar-refractivity contribution in [1.29, 1.82) is 0 Å². The number of benzene rings is 2. The Morgan fingerprint density at radius 1 is 0.947 bits per heavy atom. The number of pyridine rings is 1. The highest BCUT2D eigenvalue weighted by Crippen LogP contribution is 2.46. The van der Waals surface area contributed by atoms with Crippen LogP contribution in [0.2, 0.25) is 0 Å². The van der Waals surface area contributed by atoms with Gasteiger partial charge in [-0.2, -0.15) is 13.2 Å². The summed E-state index contributed by atoms with van der Waals surface area (Å²) < 4.78 is 58.1. The zero-order valence-electron chi connectivity index (χ0n) is 20.3. The highest BCUT2D eigenvalue weighted by atomic mass is 19.4. The third-order valence-corrected chi connectivity index (χ3v) is 7.60. The fourth-order valence-electron chi connectivity index (χ4n) is 5.75. The fraction of sp³-hybridized carbons (Fsp3) is 0.310. The standard InChI is InChI=1S/C29H25F3N2O4/c30-29(31,32)18-10-12-34(26(15-18)24-16-33-11-9-23(24)27-36-13-14-37-27)28(35)38-17-25-21-7-3-1-5-19(21)20-6-2-4-8-22(20)25/h1-9,11,13-14,16,18,25-27H,10,12,15,17H2. The zero-order valence-corrected chi connectivity index (χ0v) is 20.3. The number of halogens is 3. The average molecular weight is 523 g/mol. The van der Waals surface area contributed by atoms with Crippen LogP contribution in [-0.2, 0) is 14.2 Å². The van der Waals surface area contributed by atoms with E-state index in [4.69, 9.17) is 14.2 Å². The van der Waals surface area contributed by atoms with Crippen molar-refractivity contribution in [3.63, 3.8) is 0 Å². The van der Waals surface area contributed by atoms with E-state index in [2.05, 4.69) is 4.98 Å². The van der Waals surface area contributed by atoms with E-state index < -0.39 is 30.5 Å². The number of piperidine rings is 1. The predicted octanol–water partition coefficient (Wildman–Crippen LogP) is 6.86. The summed E-state index contributed by atoms with van der Waals surface area (Å²) in [5.41, 5.74) is 5.28. The minimum Gasteiger partial charge on any atom is -0.455 e. The molecule has 3 heterocycles. The molecule has 0 saturated carbocycles. The zero-order chi connectivity index (χ0) is 26.3. The average Bonchev–Trinajstić information content (AvgIpc) is 3.58. The second-order valence-corrected chi connectivity index (χ2v) is 9.66. The minimum atomic E-state index is -4.38. The van der Waals surface area contributed by atoms with Gasteiger partial charge in [-0.25, -0.2) is 4.79 Å². The fourth-order valence-corrected chi connectivity index (χ4v) is 5.75. The number of ether oxygens (including phenoxy) is 3. The topological polar surface area (TPSA) is 60.9 Å². The Morgan fingerprint density at radius 2 is 1.61 bits per heavy atom. The number of alkyl halides is 3. The Labute approximate surface area is 217 Å². The maximum Gasteiger partial charge on any atom is 0.410 e. The van der Waals surface area contributed by atoms with Gasteiger partial charge in [-0.15, -0.1) is 0 Å². The normalized spacial score (nSPS) is 21.0. The number of carbonyl (C=O) groups excluding carboxylic acids is 1. The van der Waals surface area contributed by atoms with E-state index in [1.54, 1.807) is 6.07 Å². The lowest BCUT2D eigenvalue weighted by Crippen LogP contribution is -2.45. The maximum atomic E-state index is 13.8. The molecule has 0 spiro atoms. The number of amides is 1. The van der Waals surface area contributed by atoms with Crippen LogP contribution < -0.4 is 0 Å². The number of fused-ring (bicyclic) bond motifs is 3. The Balaban J connectivity index is 1.27. The van der Waals surface area contributed by atoms with E-state index in [0.717, 1.165) is 22.3 Å². The molecule has 38 heavy (non-hydrogen) atoms. The van der Waals surface area contributed by atoms with Gasteiger partial charge in [0.1, 0.15) is 19.1 Å². The summed E-state index contributed by atoms with van der Waals surface area (Å²) in [7, 11) is 0. The van der Waals surface area contributed by atoms with Crippen molar-refractivity contribution in [2.24, 2.45) is 5.92 Å². The maximum absolute atomic E-state index is 13.8. The van der Waals surface area contributed by atoms with Crippen LogP contribution in [0.15, 0.2) is 79.5 Å². The van der Waals surface area contributed by atoms with Crippen molar-refractivity contribution in [2.45, 2.75) is 37.3 Å². The monoisotopic (exact) mass is 522 g/mol. The van der Waals surface area contributed by atoms with Gasteiger partial charge in [-0.1, -0.05) is 48.5 Å². The molecule has 9 heteroatoms. The number of rotatable bonds is 4. The largest absolute Gasteiger partial charge is 0.455 e. The first kappa shape index (κ1) is 24.3. The molecule has 2 atom stereocenters. The van der Waals surface area contributed by atoms with E-state index >= 15 is 0 Å². The first-order valence-electron chi connectivity index (χ1n) is 12.5. The van der Waals surface area contributed by atoms with Crippen LogP contribution in [0.5, 0.6) is 0 Å². The molecule has 196 valence electrons. The summed E-state index contributed by atoms with van der Waals surface area (Å²) in [6, 6.07) is 16.7. The van der Waals surface area contributed by atoms with Crippen LogP contribution >= 0.6 is 0 Å². The molecule has 0 bridgehead atoms. The molecule has 0 N–H and O–H groups in total. The summed E-state index contributed by atoms with van der Waals surface area (Å²) >= 11 is 0. The van der Waals surface area contributed by atoms with Crippen molar-refractivity contribution >= 4 is 6.09 Å². The van der Waals surface area contributed by atoms with Crippen molar-refractivity contribution in [1.82, 2.24) is 9.88 Å². The van der Waals surface area contributed by atoms with E-state index in [1.807, 2.05) is 48.5 Å². The Bertz CT molecular complexity index is 1320. The summed E-state index contributed by atoms with van der Waals surface area (Å²) in [4.78, 5) is 19.0. The van der Waals surface area contributed by atoms with Gasteiger partial charge in [0, 0.05) is 36.0 Å². The van der Waals surface area contributed by atoms with Gasteiger partial charge in [-0.3, -0.25) is 4.98 Å². The van der Waals surface area contributed by atoms with Crippen molar-refractivity contribution in [2.75, 3.05) is 13.2 Å². The second-order valence-electron chi connectivity index (χ2n) is 9.66. The van der Waals surface area contributed by atoms with E-state index in [9.17, 15) is 18.0 Å². The smallest absolute Gasteiger partial charge is 0.410 e. The SMILES string of the molecule is O=C(OCC1c2ccccc2-c2ccccc21)N1CCC(C(F)(F)F)CC1c1cnccc1C1OC=CO1. The molecule has 2 aliphatic heterocycles. The molecule has 1 aromatic heterocycles. The van der Waals surface area contributed by atoms with Crippen LogP contribution in [0, 0.1) is 5.92 Å². The number of hydrogen-bond donors (Lipinski definition) is 0. The minimum absolute atomic E-state index is 0.0808. The highest BCUT2D eigenvalue weighted by molar-refractivity contribution is 5.79. The number of likely N-dealkylation sites (tertiary alicyclic amines) is 1. The second kappa shape index (κ2) is 9.70. The molecule has 1 saturated heterocycles. The first-order chi connectivity index (χ1) is 18.4. The van der Waals surface area contributed by atoms with E-state index in [-0.39, 0.29) is 31.9 Å². The summed E-state index contributed by atoms with van der Waals surface area (Å²) in [5.74, 6) is -1.71. The Kier molecular flexibility index (Phi) is 6.21. The number of carbonyl (C=O) groups is 1. The van der Waals surface area contributed by atoms with Gasteiger partial charge in [0.15, 0.2) is 0 Å². The third-order valence-electron chi connectivity index (χ3n) is 7.60. The molecule has 1 amide bonds. The molecule has 3 aliphatic rings. The van der Waals surface area contributed by atoms with Gasteiger partial charge in [0.2, 0.25) is 0 Å². The molecular weight excluding hydrogens is 497 g/mol. The van der Waals surface area contributed by atoms with Gasteiger partial charge in [0.05, 0.1) is 12.0 Å². The molecule has 6 nitrogen and oxygen atoms in total. The van der Waals surface area contributed by atoms with Crippen molar-refractivity contribution < 1.29 is 32.2 Å². The Hall–Kier alpha value is -4.01. The van der Waals surface area contributed by atoms with E-state index in [1.165, 1.54) is 29.8 Å². The van der Waals surface area contributed by atoms with Crippen LogP contribution in [0.3, 0.4) is 0 Å². The molecule has 0 radical (unpaired) electrons. The van der Waals surface area contributed by atoms with Gasteiger partial charge >= 0.3 is 12.3 Å².